The van der Waals surface area contributed by atoms with Crippen LogP contribution in [-0.2, 0) is 0 Å². The Balaban J connectivity index is 1.96. The van der Waals surface area contributed by atoms with Gasteiger partial charge in [0.05, 0.1) is 38.5 Å². The van der Waals surface area contributed by atoms with E-state index in [2.05, 4.69) is 16.3 Å². The van der Waals surface area contributed by atoms with Gasteiger partial charge in [-0.05, 0) is 29.8 Å². The van der Waals surface area contributed by atoms with Crippen LogP contribution in [0.3, 0.4) is 0 Å². The van der Waals surface area contributed by atoms with Crippen molar-refractivity contribution in [3.05, 3.63) is 59.0 Å². The van der Waals surface area contributed by atoms with Gasteiger partial charge in [0.25, 0.3) is 0 Å². The van der Waals surface area contributed by atoms with E-state index in [0.717, 1.165) is 0 Å². The quantitative estimate of drug-likeness (QED) is 0.573. The molecule has 9 nitrogen and oxygen atoms in total. The van der Waals surface area contributed by atoms with E-state index in [9.17, 15) is 10.4 Å². The SMILES string of the molecule is COc1cc(-c2[nH]nc3c2C(c2cccc(O)c2)C(C#N)=C(N)O3)cc(OC)c1OC. The third-order valence-corrected chi connectivity index (χ3v) is 5.10. The molecule has 0 amide bonds. The Morgan fingerprint density at radius 2 is 1.84 bits per heavy atom. The monoisotopic (exact) mass is 420 g/mol. The first kappa shape index (κ1) is 20.0. The lowest BCUT2D eigenvalue weighted by atomic mass is 9.83. The first-order chi connectivity index (χ1) is 15.0. The van der Waals surface area contributed by atoms with E-state index in [-0.39, 0.29) is 23.1 Å². The minimum atomic E-state index is -0.603. The molecule has 1 aliphatic heterocycles. The molecule has 4 N–H and O–H groups in total. The summed E-state index contributed by atoms with van der Waals surface area (Å²) in [5.74, 6) is 1.04. The van der Waals surface area contributed by atoms with Gasteiger partial charge in [-0.15, -0.1) is 5.10 Å². The molecular formula is C22H20N4O5. The number of phenols is 1. The maximum Gasteiger partial charge on any atom is 0.244 e. The Morgan fingerprint density at radius 3 is 2.42 bits per heavy atom. The van der Waals surface area contributed by atoms with Crippen molar-refractivity contribution in [3.63, 3.8) is 0 Å². The number of fused-ring (bicyclic) bond motifs is 1. The molecule has 2 heterocycles. The van der Waals surface area contributed by atoms with E-state index >= 15 is 0 Å². The van der Waals surface area contributed by atoms with Crippen molar-refractivity contribution < 1.29 is 24.1 Å². The van der Waals surface area contributed by atoms with Crippen LogP contribution in [0, 0.1) is 11.3 Å². The summed E-state index contributed by atoms with van der Waals surface area (Å²) in [6.45, 7) is 0. The van der Waals surface area contributed by atoms with Gasteiger partial charge >= 0.3 is 0 Å². The minimum absolute atomic E-state index is 0.0358. The number of phenolic OH excluding ortho intramolecular Hbond substituents is 1. The first-order valence-corrected chi connectivity index (χ1v) is 9.27. The van der Waals surface area contributed by atoms with Gasteiger partial charge in [-0.1, -0.05) is 12.1 Å². The van der Waals surface area contributed by atoms with Gasteiger partial charge in [0, 0.05) is 5.56 Å². The highest BCUT2D eigenvalue weighted by atomic mass is 16.5. The molecule has 4 rings (SSSR count). The maximum atomic E-state index is 10.0. The number of benzene rings is 2. The van der Waals surface area contributed by atoms with Gasteiger partial charge in [-0.2, -0.15) is 5.26 Å². The largest absolute Gasteiger partial charge is 0.508 e. The van der Waals surface area contributed by atoms with Crippen LogP contribution in [0.5, 0.6) is 28.9 Å². The number of methoxy groups -OCH3 is 3. The molecule has 0 saturated heterocycles. The predicted octanol–water partition coefficient (Wildman–Crippen LogP) is 3.03. The number of nitrogens with zero attached hydrogens (tertiary/aromatic N) is 2. The fourth-order valence-corrected chi connectivity index (χ4v) is 3.73. The molecule has 31 heavy (non-hydrogen) atoms. The minimum Gasteiger partial charge on any atom is -0.508 e. The van der Waals surface area contributed by atoms with Crippen LogP contribution >= 0.6 is 0 Å². The number of aromatic hydroxyl groups is 1. The Kier molecular flexibility index (Phi) is 5.05. The second-order valence-electron chi connectivity index (χ2n) is 6.75. The molecule has 1 aromatic heterocycles. The smallest absolute Gasteiger partial charge is 0.244 e. The van der Waals surface area contributed by atoms with Crippen LogP contribution in [0.1, 0.15) is 17.0 Å². The number of rotatable bonds is 5. The van der Waals surface area contributed by atoms with E-state index in [1.165, 1.54) is 21.3 Å². The number of nitrogens with one attached hydrogen (secondary N) is 1. The maximum absolute atomic E-state index is 10.0. The molecule has 158 valence electrons. The molecular weight excluding hydrogens is 400 g/mol. The van der Waals surface area contributed by atoms with Crippen molar-refractivity contribution >= 4 is 0 Å². The summed E-state index contributed by atoms with van der Waals surface area (Å²) < 4.78 is 21.9. The normalized spacial score (nSPS) is 15.0. The van der Waals surface area contributed by atoms with Crippen molar-refractivity contribution in [2.24, 2.45) is 5.73 Å². The Bertz CT molecular complexity index is 1200. The number of aromatic amines is 1. The standard InChI is InChI=1S/C22H20N4O5/c1-28-15-8-12(9-16(29-2)20(15)30-3)19-18-17(11-5-4-6-13(27)7-11)14(10-23)21(24)31-22(18)26-25-19/h4-9,17,27H,24H2,1-3H3,(H,25,26). The van der Waals surface area contributed by atoms with Crippen LogP contribution in [-0.4, -0.2) is 36.6 Å². The van der Waals surface area contributed by atoms with Gasteiger partial charge in [0.15, 0.2) is 11.5 Å². The van der Waals surface area contributed by atoms with Crippen LogP contribution in [0.15, 0.2) is 47.9 Å². The lowest BCUT2D eigenvalue weighted by Gasteiger charge is -2.24. The fourth-order valence-electron chi connectivity index (χ4n) is 3.73. The summed E-state index contributed by atoms with van der Waals surface area (Å²) in [6.07, 6.45) is 0. The number of allylic oxidation sites excluding steroid dienone is 1. The average Bonchev–Trinajstić information content (AvgIpc) is 3.20. The average molecular weight is 420 g/mol. The van der Waals surface area contributed by atoms with Gasteiger partial charge < -0.3 is 29.8 Å². The van der Waals surface area contributed by atoms with Gasteiger partial charge in [-0.25, -0.2) is 0 Å². The second-order valence-corrected chi connectivity index (χ2v) is 6.75. The van der Waals surface area contributed by atoms with Crippen LogP contribution in [0.25, 0.3) is 11.3 Å². The first-order valence-electron chi connectivity index (χ1n) is 9.27. The number of nitrogens with two attached hydrogens (primary N) is 1. The zero-order chi connectivity index (χ0) is 22.1. The zero-order valence-corrected chi connectivity index (χ0v) is 17.1. The lowest BCUT2D eigenvalue weighted by molar-refractivity contribution is 0.324. The highest BCUT2D eigenvalue weighted by molar-refractivity contribution is 5.75. The Labute approximate surface area is 178 Å². The molecule has 1 aliphatic rings. The number of hydrogen-bond acceptors (Lipinski definition) is 8. The number of H-pyrrole nitrogens is 1. The van der Waals surface area contributed by atoms with Crippen molar-refractivity contribution in [1.29, 1.82) is 5.26 Å². The van der Waals surface area contributed by atoms with Gasteiger partial charge in [0.1, 0.15) is 17.4 Å². The van der Waals surface area contributed by atoms with Crippen LogP contribution in [0.4, 0.5) is 0 Å². The van der Waals surface area contributed by atoms with Crippen molar-refractivity contribution in [3.8, 4) is 46.2 Å². The summed E-state index contributed by atoms with van der Waals surface area (Å²) in [6, 6.07) is 12.3. The molecule has 0 bridgehead atoms. The van der Waals surface area contributed by atoms with Crippen molar-refractivity contribution in [2.45, 2.75) is 5.92 Å². The second kappa shape index (κ2) is 7.84. The fraction of sp³-hybridized carbons (Fsp3) is 0.182. The number of hydrogen-bond donors (Lipinski definition) is 3. The molecule has 9 heteroatoms. The number of nitriles is 1. The lowest BCUT2D eigenvalue weighted by Crippen LogP contribution is -2.21. The van der Waals surface area contributed by atoms with Crippen LogP contribution in [0.2, 0.25) is 0 Å². The molecule has 0 spiro atoms. The van der Waals surface area contributed by atoms with E-state index in [0.29, 0.717) is 39.6 Å². The molecule has 3 aromatic rings. The molecule has 0 fully saturated rings. The topological polar surface area (TPSA) is 136 Å². The van der Waals surface area contributed by atoms with E-state index in [4.69, 9.17) is 24.7 Å². The van der Waals surface area contributed by atoms with E-state index < -0.39 is 5.92 Å². The third-order valence-electron chi connectivity index (χ3n) is 5.10. The molecule has 0 aliphatic carbocycles. The molecule has 2 aromatic carbocycles. The Morgan fingerprint density at radius 1 is 1.13 bits per heavy atom. The Hall–Kier alpha value is -4.32. The number of ether oxygens (including phenoxy) is 4. The summed E-state index contributed by atoms with van der Waals surface area (Å²) in [4.78, 5) is 0. The highest BCUT2D eigenvalue weighted by Crippen LogP contribution is 2.48. The molecule has 0 saturated carbocycles. The van der Waals surface area contributed by atoms with E-state index in [1.54, 1.807) is 36.4 Å². The van der Waals surface area contributed by atoms with Gasteiger partial charge in [0.2, 0.25) is 17.5 Å². The van der Waals surface area contributed by atoms with Crippen molar-refractivity contribution in [1.82, 2.24) is 10.2 Å². The van der Waals surface area contributed by atoms with Crippen LogP contribution < -0.4 is 24.7 Å². The summed E-state index contributed by atoms with van der Waals surface area (Å²) in [7, 11) is 4.58. The summed E-state index contributed by atoms with van der Waals surface area (Å²) in [5, 5.41) is 27.0. The highest BCUT2D eigenvalue weighted by Gasteiger charge is 2.36. The van der Waals surface area contributed by atoms with E-state index in [1.807, 2.05) is 0 Å². The molecule has 0 radical (unpaired) electrons. The zero-order valence-electron chi connectivity index (χ0n) is 17.1. The third kappa shape index (κ3) is 3.24. The summed E-state index contributed by atoms with van der Waals surface area (Å²) >= 11 is 0. The van der Waals surface area contributed by atoms with Gasteiger partial charge in [-0.3, -0.25) is 5.10 Å². The molecule has 1 atom stereocenters. The van der Waals surface area contributed by atoms with Crippen molar-refractivity contribution in [2.75, 3.05) is 21.3 Å². The molecule has 1 unspecified atom stereocenters. The predicted molar refractivity (Wildman–Crippen MR) is 111 cm³/mol. The number of aromatic nitrogens is 2. The summed E-state index contributed by atoms with van der Waals surface area (Å²) in [5.41, 5.74) is 8.76.